The lowest BCUT2D eigenvalue weighted by molar-refractivity contribution is 0.193. The first kappa shape index (κ1) is 14.4. The van der Waals surface area contributed by atoms with Gasteiger partial charge in [-0.1, -0.05) is 34.6 Å². The van der Waals surface area contributed by atoms with Crippen LogP contribution in [0.4, 0.5) is 0 Å². The molecule has 0 saturated carbocycles. The Kier molecular flexibility index (Phi) is 13.1. The molecule has 1 aliphatic heterocycles. The van der Waals surface area contributed by atoms with Crippen molar-refractivity contribution in [1.29, 1.82) is 0 Å². The van der Waals surface area contributed by atoms with E-state index in [-0.39, 0.29) is 6.10 Å². The first-order valence-corrected chi connectivity index (χ1v) is 5.24. The van der Waals surface area contributed by atoms with Gasteiger partial charge in [-0.2, -0.15) is 0 Å². The number of hydrogen-bond donors (Lipinski definition) is 2. The zero-order valence-corrected chi connectivity index (χ0v) is 9.22. The van der Waals surface area contributed by atoms with Crippen LogP contribution in [0.1, 0.15) is 47.5 Å². The van der Waals surface area contributed by atoms with Gasteiger partial charge in [0.05, 0.1) is 6.10 Å². The zero-order chi connectivity index (χ0) is 9.98. The number of nitrogens with one attached hydrogen (secondary N) is 1. The van der Waals surface area contributed by atoms with E-state index >= 15 is 0 Å². The zero-order valence-electron chi connectivity index (χ0n) is 9.22. The van der Waals surface area contributed by atoms with E-state index in [0.717, 1.165) is 19.4 Å². The standard InChI is InChI=1S/C6H13NO.2C2H6/c1-2-5-3-6(8)4-7-5;2*1-2/h5-8H,2-4H2,1H3;2*1-2H3. The van der Waals surface area contributed by atoms with Crippen LogP contribution in [0.2, 0.25) is 0 Å². The molecule has 1 rings (SSSR count). The molecule has 1 aliphatic rings. The Morgan fingerprint density at radius 2 is 1.75 bits per heavy atom. The van der Waals surface area contributed by atoms with Crippen LogP contribution in [0.3, 0.4) is 0 Å². The summed E-state index contributed by atoms with van der Waals surface area (Å²) in [5.41, 5.74) is 0. The summed E-state index contributed by atoms with van der Waals surface area (Å²) in [6.07, 6.45) is 1.99. The van der Waals surface area contributed by atoms with Crippen LogP contribution in [0.25, 0.3) is 0 Å². The van der Waals surface area contributed by atoms with Crippen LogP contribution in [0, 0.1) is 0 Å². The molecule has 0 aromatic rings. The molecule has 2 N–H and O–H groups in total. The van der Waals surface area contributed by atoms with Gasteiger partial charge in [-0.3, -0.25) is 0 Å². The van der Waals surface area contributed by atoms with Gasteiger partial charge in [0.25, 0.3) is 0 Å². The van der Waals surface area contributed by atoms with Crippen LogP contribution in [0.5, 0.6) is 0 Å². The van der Waals surface area contributed by atoms with Gasteiger partial charge in [0.1, 0.15) is 0 Å². The Labute approximate surface area is 77.4 Å². The largest absolute Gasteiger partial charge is 0.392 e. The fourth-order valence-electron chi connectivity index (χ4n) is 1.11. The van der Waals surface area contributed by atoms with Crippen molar-refractivity contribution in [2.45, 2.75) is 59.6 Å². The molecule has 1 fully saturated rings. The summed E-state index contributed by atoms with van der Waals surface area (Å²) in [6, 6.07) is 0.574. The monoisotopic (exact) mass is 175 g/mol. The minimum atomic E-state index is -0.0834. The van der Waals surface area contributed by atoms with Crippen LogP contribution in [-0.2, 0) is 0 Å². The fourth-order valence-corrected chi connectivity index (χ4v) is 1.11. The summed E-state index contributed by atoms with van der Waals surface area (Å²) in [6.45, 7) is 10.9. The Bertz CT molecular complexity index is 76.2. The van der Waals surface area contributed by atoms with E-state index in [1.807, 2.05) is 27.7 Å². The van der Waals surface area contributed by atoms with E-state index in [2.05, 4.69) is 12.2 Å². The molecule has 2 unspecified atom stereocenters. The summed E-state index contributed by atoms with van der Waals surface area (Å²) in [5, 5.41) is 12.2. The SMILES string of the molecule is CC.CC.CCC1CC(O)CN1. The smallest absolute Gasteiger partial charge is 0.0679 e. The molecule has 0 aromatic carbocycles. The third-order valence-corrected chi connectivity index (χ3v) is 1.69. The first-order valence-electron chi connectivity index (χ1n) is 5.24. The quantitative estimate of drug-likeness (QED) is 0.640. The third-order valence-electron chi connectivity index (χ3n) is 1.69. The molecule has 1 heterocycles. The van der Waals surface area contributed by atoms with Gasteiger partial charge in [0.2, 0.25) is 0 Å². The second kappa shape index (κ2) is 10.9. The van der Waals surface area contributed by atoms with Gasteiger partial charge in [0, 0.05) is 12.6 Å². The van der Waals surface area contributed by atoms with Crippen molar-refractivity contribution in [3.63, 3.8) is 0 Å². The highest BCUT2D eigenvalue weighted by Crippen LogP contribution is 2.07. The van der Waals surface area contributed by atoms with Crippen molar-refractivity contribution < 1.29 is 5.11 Å². The Morgan fingerprint density at radius 1 is 1.25 bits per heavy atom. The molecule has 76 valence electrons. The maximum absolute atomic E-state index is 8.97. The normalized spacial score (nSPS) is 26.5. The number of aliphatic hydroxyl groups is 1. The van der Waals surface area contributed by atoms with Gasteiger partial charge >= 0.3 is 0 Å². The molecule has 0 aromatic heterocycles. The fraction of sp³-hybridized carbons (Fsp3) is 1.00. The molecular weight excluding hydrogens is 150 g/mol. The van der Waals surface area contributed by atoms with E-state index < -0.39 is 0 Å². The maximum Gasteiger partial charge on any atom is 0.0679 e. The highest BCUT2D eigenvalue weighted by Gasteiger charge is 2.19. The van der Waals surface area contributed by atoms with Crippen LogP contribution in [0.15, 0.2) is 0 Å². The van der Waals surface area contributed by atoms with Gasteiger partial charge in [-0.25, -0.2) is 0 Å². The maximum atomic E-state index is 8.97. The summed E-state index contributed by atoms with van der Waals surface area (Å²) in [5.74, 6) is 0. The van der Waals surface area contributed by atoms with Gasteiger partial charge in [-0.05, 0) is 12.8 Å². The van der Waals surface area contributed by atoms with Gasteiger partial charge < -0.3 is 10.4 Å². The molecule has 2 atom stereocenters. The molecule has 1 saturated heterocycles. The molecule has 0 radical (unpaired) electrons. The summed E-state index contributed by atoms with van der Waals surface area (Å²) in [7, 11) is 0. The minimum absolute atomic E-state index is 0.0834. The predicted octanol–water partition coefficient (Wildman–Crippen LogP) is 2.17. The number of β-amino-alcohol motifs (C(OH)–C–C–N with tert-alkyl or cyclic N) is 1. The predicted molar refractivity (Wildman–Crippen MR) is 55.4 cm³/mol. The van der Waals surface area contributed by atoms with Crippen molar-refractivity contribution in [1.82, 2.24) is 5.32 Å². The van der Waals surface area contributed by atoms with Crippen molar-refractivity contribution in [3.05, 3.63) is 0 Å². The average Bonchev–Trinajstić information content (AvgIpc) is 2.58. The Morgan fingerprint density at radius 3 is 1.92 bits per heavy atom. The Balaban J connectivity index is 0. The van der Waals surface area contributed by atoms with E-state index in [1.165, 1.54) is 0 Å². The van der Waals surface area contributed by atoms with Crippen molar-refractivity contribution in [2.24, 2.45) is 0 Å². The molecule has 2 heteroatoms. The van der Waals surface area contributed by atoms with Gasteiger partial charge in [0.15, 0.2) is 0 Å². The molecule has 2 nitrogen and oxygen atoms in total. The molecule has 0 aliphatic carbocycles. The lowest BCUT2D eigenvalue weighted by atomic mass is 10.2. The van der Waals surface area contributed by atoms with Crippen LogP contribution in [-0.4, -0.2) is 23.8 Å². The van der Waals surface area contributed by atoms with Crippen molar-refractivity contribution >= 4 is 0 Å². The summed E-state index contributed by atoms with van der Waals surface area (Å²) in [4.78, 5) is 0. The summed E-state index contributed by atoms with van der Waals surface area (Å²) < 4.78 is 0. The van der Waals surface area contributed by atoms with E-state index in [1.54, 1.807) is 0 Å². The van der Waals surface area contributed by atoms with Crippen molar-refractivity contribution in [2.75, 3.05) is 6.54 Å². The number of rotatable bonds is 1. The van der Waals surface area contributed by atoms with Crippen molar-refractivity contribution in [3.8, 4) is 0 Å². The Hall–Kier alpha value is -0.0800. The van der Waals surface area contributed by atoms with Crippen LogP contribution >= 0.6 is 0 Å². The molecule has 0 amide bonds. The highest BCUT2D eigenvalue weighted by molar-refractivity contribution is 4.79. The highest BCUT2D eigenvalue weighted by atomic mass is 16.3. The van der Waals surface area contributed by atoms with E-state index in [9.17, 15) is 0 Å². The summed E-state index contributed by atoms with van der Waals surface area (Å²) >= 11 is 0. The average molecular weight is 175 g/mol. The molecule has 0 bridgehead atoms. The van der Waals surface area contributed by atoms with E-state index in [0.29, 0.717) is 6.04 Å². The van der Waals surface area contributed by atoms with Gasteiger partial charge in [-0.15, -0.1) is 0 Å². The van der Waals surface area contributed by atoms with Crippen LogP contribution < -0.4 is 5.32 Å². The molecular formula is C10H25NO. The lowest BCUT2D eigenvalue weighted by Gasteiger charge is -2.02. The topological polar surface area (TPSA) is 32.3 Å². The third kappa shape index (κ3) is 6.62. The number of aliphatic hydroxyl groups excluding tert-OH is 1. The minimum Gasteiger partial charge on any atom is -0.392 e. The molecule has 12 heavy (non-hydrogen) atoms. The molecule has 0 spiro atoms. The second-order valence-electron chi connectivity index (χ2n) is 2.40. The number of hydrogen-bond acceptors (Lipinski definition) is 2. The van der Waals surface area contributed by atoms with E-state index in [4.69, 9.17) is 5.11 Å². The second-order valence-corrected chi connectivity index (χ2v) is 2.40. The lowest BCUT2D eigenvalue weighted by Crippen LogP contribution is -2.19. The first-order chi connectivity index (χ1) is 5.83.